The van der Waals surface area contributed by atoms with Gasteiger partial charge < -0.3 is 5.32 Å². The Bertz CT molecular complexity index is 807. The standard InChI is InChI=1S/C17H19ClN2O3S2/c1-2-20-25(22,23)16-9-3-13(4-10-16)17(21)19-11-12-24-15-7-5-14(18)6-8-15/h3-10,20H,2,11-12H2,1H3,(H,19,21). The van der Waals surface area contributed by atoms with Crippen molar-refractivity contribution in [2.24, 2.45) is 0 Å². The van der Waals surface area contributed by atoms with E-state index in [2.05, 4.69) is 10.0 Å². The van der Waals surface area contributed by atoms with Gasteiger partial charge in [0.25, 0.3) is 5.91 Å². The van der Waals surface area contributed by atoms with Crippen LogP contribution in [0.25, 0.3) is 0 Å². The average molecular weight is 399 g/mol. The third-order valence-electron chi connectivity index (χ3n) is 3.23. The van der Waals surface area contributed by atoms with Crippen molar-refractivity contribution in [3.63, 3.8) is 0 Å². The Balaban J connectivity index is 1.83. The van der Waals surface area contributed by atoms with Gasteiger partial charge in [-0.3, -0.25) is 4.79 Å². The van der Waals surface area contributed by atoms with E-state index < -0.39 is 10.0 Å². The zero-order valence-corrected chi connectivity index (χ0v) is 16.0. The Morgan fingerprint density at radius 2 is 1.72 bits per heavy atom. The van der Waals surface area contributed by atoms with Crippen LogP contribution in [0.2, 0.25) is 5.02 Å². The zero-order valence-electron chi connectivity index (χ0n) is 13.7. The fourth-order valence-corrected chi connectivity index (χ4v) is 3.96. The van der Waals surface area contributed by atoms with Crippen LogP contribution in [-0.2, 0) is 10.0 Å². The molecular weight excluding hydrogens is 380 g/mol. The SMILES string of the molecule is CCNS(=O)(=O)c1ccc(C(=O)NCCSc2ccc(Cl)cc2)cc1. The Kier molecular flexibility index (Phi) is 7.31. The van der Waals surface area contributed by atoms with Crippen molar-refractivity contribution in [1.82, 2.24) is 10.0 Å². The second-order valence-corrected chi connectivity index (χ2v) is 8.46. The molecule has 0 aromatic heterocycles. The average Bonchev–Trinajstić information content (AvgIpc) is 2.60. The first kappa shape index (κ1) is 19.8. The summed E-state index contributed by atoms with van der Waals surface area (Å²) in [6, 6.07) is 13.4. The number of thioether (sulfide) groups is 1. The van der Waals surface area contributed by atoms with Gasteiger partial charge in [0.1, 0.15) is 0 Å². The Hall–Kier alpha value is -1.54. The lowest BCUT2D eigenvalue weighted by atomic mass is 10.2. The number of halogens is 1. The molecule has 2 aromatic rings. The van der Waals surface area contributed by atoms with Crippen molar-refractivity contribution in [3.8, 4) is 0 Å². The number of rotatable bonds is 8. The summed E-state index contributed by atoms with van der Waals surface area (Å²) >= 11 is 7.45. The van der Waals surface area contributed by atoms with Crippen LogP contribution in [0.15, 0.2) is 58.3 Å². The Morgan fingerprint density at radius 1 is 1.08 bits per heavy atom. The molecule has 0 fully saturated rings. The molecule has 0 aliphatic heterocycles. The van der Waals surface area contributed by atoms with E-state index in [4.69, 9.17) is 11.6 Å². The van der Waals surface area contributed by atoms with Crippen LogP contribution in [0.1, 0.15) is 17.3 Å². The summed E-state index contributed by atoms with van der Waals surface area (Å²) in [5, 5.41) is 3.50. The second kappa shape index (κ2) is 9.24. The summed E-state index contributed by atoms with van der Waals surface area (Å²) in [5.74, 6) is 0.490. The molecule has 0 saturated carbocycles. The lowest BCUT2D eigenvalue weighted by Crippen LogP contribution is -2.26. The number of benzene rings is 2. The van der Waals surface area contributed by atoms with Crippen molar-refractivity contribution < 1.29 is 13.2 Å². The highest BCUT2D eigenvalue weighted by molar-refractivity contribution is 7.99. The number of carbonyl (C=O) groups is 1. The molecule has 25 heavy (non-hydrogen) atoms. The highest BCUT2D eigenvalue weighted by atomic mass is 35.5. The lowest BCUT2D eigenvalue weighted by Gasteiger charge is -2.07. The summed E-state index contributed by atoms with van der Waals surface area (Å²) in [7, 11) is -3.50. The number of carbonyl (C=O) groups excluding carboxylic acids is 1. The molecule has 0 unspecified atom stereocenters. The number of nitrogens with one attached hydrogen (secondary N) is 2. The molecule has 0 radical (unpaired) electrons. The monoisotopic (exact) mass is 398 g/mol. The van der Waals surface area contributed by atoms with E-state index in [-0.39, 0.29) is 10.8 Å². The normalized spacial score (nSPS) is 11.3. The summed E-state index contributed by atoms with van der Waals surface area (Å²) in [6.07, 6.45) is 0. The van der Waals surface area contributed by atoms with Crippen molar-refractivity contribution >= 4 is 39.3 Å². The Morgan fingerprint density at radius 3 is 2.32 bits per heavy atom. The molecule has 0 spiro atoms. The highest BCUT2D eigenvalue weighted by Gasteiger charge is 2.13. The van der Waals surface area contributed by atoms with Gasteiger partial charge in [-0.05, 0) is 48.5 Å². The highest BCUT2D eigenvalue weighted by Crippen LogP contribution is 2.19. The van der Waals surface area contributed by atoms with Crippen molar-refractivity contribution in [2.45, 2.75) is 16.7 Å². The number of amides is 1. The van der Waals surface area contributed by atoms with Crippen molar-refractivity contribution in [3.05, 3.63) is 59.1 Å². The molecule has 5 nitrogen and oxygen atoms in total. The Labute approximate surface area is 157 Å². The van der Waals surface area contributed by atoms with Gasteiger partial charge in [0.05, 0.1) is 4.90 Å². The third-order valence-corrected chi connectivity index (χ3v) is 6.06. The predicted molar refractivity (Wildman–Crippen MR) is 102 cm³/mol. The molecule has 2 rings (SSSR count). The van der Waals surface area contributed by atoms with Crippen LogP contribution in [-0.4, -0.2) is 33.2 Å². The van der Waals surface area contributed by atoms with E-state index in [0.717, 1.165) is 10.6 Å². The van der Waals surface area contributed by atoms with Gasteiger partial charge >= 0.3 is 0 Å². The largest absolute Gasteiger partial charge is 0.351 e. The molecule has 0 atom stereocenters. The number of hydrogen-bond donors (Lipinski definition) is 2. The first-order chi connectivity index (χ1) is 11.9. The maximum Gasteiger partial charge on any atom is 0.251 e. The molecule has 2 aromatic carbocycles. The van der Waals surface area contributed by atoms with Gasteiger partial charge in [-0.15, -0.1) is 11.8 Å². The van der Waals surface area contributed by atoms with Crippen molar-refractivity contribution in [2.75, 3.05) is 18.8 Å². The van der Waals surface area contributed by atoms with Gasteiger partial charge in [0.15, 0.2) is 0 Å². The topological polar surface area (TPSA) is 75.3 Å². The van der Waals surface area contributed by atoms with Gasteiger partial charge in [-0.2, -0.15) is 0 Å². The van der Waals surface area contributed by atoms with Crippen molar-refractivity contribution in [1.29, 1.82) is 0 Å². The summed E-state index contributed by atoms with van der Waals surface area (Å²) in [4.78, 5) is 13.3. The van der Waals surface area contributed by atoms with Gasteiger partial charge in [0, 0.05) is 34.3 Å². The fourth-order valence-electron chi connectivity index (χ4n) is 2.03. The molecule has 2 N–H and O–H groups in total. The molecule has 0 heterocycles. The van der Waals surface area contributed by atoms with Crippen LogP contribution in [0.5, 0.6) is 0 Å². The summed E-state index contributed by atoms with van der Waals surface area (Å²) in [6.45, 7) is 2.53. The number of sulfonamides is 1. The summed E-state index contributed by atoms with van der Waals surface area (Å²) in [5.41, 5.74) is 0.423. The number of hydrogen-bond acceptors (Lipinski definition) is 4. The smallest absolute Gasteiger partial charge is 0.251 e. The molecule has 0 saturated heterocycles. The van der Waals surface area contributed by atoms with E-state index >= 15 is 0 Å². The van der Waals surface area contributed by atoms with Crippen LogP contribution < -0.4 is 10.0 Å². The van der Waals surface area contributed by atoms with E-state index in [1.807, 2.05) is 24.3 Å². The second-order valence-electron chi connectivity index (χ2n) is 5.08. The van der Waals surface area contributed by atoms with Gasteiger partial charge in [-0.1, -0.05) is 18.5 Å². The van der Waals surface area contributed by atoms with Crippen LogP contribution in [0, 0.1) is 0 Å². The van der Waals surface area contributed by atoms with Gasteiger partial charge in [-0.25, -0.2) is 13.1 Å². The molecule has 0 aliphatic rings. The zero-order chi connectivity index (χ0) is 18.3. The van der Waals surface area contributed by atoms with E-state index in [1.165, 1.54) is 24.3 Å². The first-order valence-corrected chi connectivity index (χ1v) is 10.5. The molecule has 0 bridgehead atoms. The minimum Gasteiger partial charge on any atom is -0.351 e. The molecule has 134 valence electrons. The molecule has 8 heteroatoms. The maximum atomic E-state index is 12.1. The first-order valence-electron chi connectivity index (χ1n) is 7.68. The molecule has 0 aliphatic carbocycles. The molecular formula is C17H19ClN2O3S2. The van der Waals surface area contributed by atoms with Crippen LogP contribution >= 0.6 is 23.4 Å². The summed E-state index contributed by atoms with van der Waals surface area (Å²) < 4.78 is 26.1. The third kappa shape index (κ3) is 6.04. The minimum absolute atomic E-state index is 0.143. The molecule has 1 amide bonds. The fraction of sp³-hybridized carbons (Fsp3) is 0.235. The van der Waals surface area contributed by atoms with E-state index in [0.29, 0.717) is 23.7 Å². The lowest BCUT2D eigenvalue weighted by molar-refractivity contribution is 0.0956. The van der Waals surface area contributed by atoms with Crippen LogP contribution in [0.3, 0.4) is 0 Å². The quantitative estimate of drug-likeness (QED) is 0.529. The van der Waals surface area contributed by atoms with E-state index in [1.54, 1.807) is 18.7 Å². The minimum atomic E-state index is -3.50. The van der Waals surface area contributed by atoms with Crippen LogP contribution in [0.4, 0.5) is 0 Å². The van der Waals surface area contributed by atoms with E-state index in [9.17, 15) is 13.2 Å². The predicted octanol–water partition coefficient (Wildman–Crippen LogP) is 3.16. The maximum absolute atomic E-state index is 12.1. The van der Waals surface area contributed by atoms with Gasteiger partial charge in [0.2, 0.25) is 10.0 Å².